The molecule has 12 heterocycles. The van der Waals surface area contributed by atoms with Gasteiger partial charge in [-0.2, -0.15) is 9.97 Å². The molecule has 18 aromatic carbocycles. The molecule has 0 unspecified atom stereocenters. The minimum absolute atomic E-state index is 0.527. The third-order valence-electron chi connectivity index (χ3n) is 28.4. The molecule has 0 aliphatic heterocycles. The Balaban J connectivity index is 0.000000107. The van der Waals surface area contributed by atoms with Crippen LogP contribution < -0.4 is 0 Å². The van der Waals surface area contributed by atoms with Crippen LogP contribution in [0.5, 0.6) is 0 Å². The van der Waals surface area contributed by atoms with Gasteiger partial charge < -0.3 is 9.13 Å². The van der Waals surface area contributed by atoms with Gasteiger partial charge in [0.2, 0.25) is 11.9 Å². The van der Waals surface area contributed by atoms with Gasteiger partial charge in [0.15, 0.2) is 17.5 Å². The molecule has 0 radical (unpaired) electrons. The van der Waals surface area contributed by atoms with Crippen LogP contribution in [0.2, 0.25) is 0 Å². The lowest BCUT2D eigenvalue weighted by Crippen LogP contribution is -2.07. The Hall–Kier alpha value is -20.4. The highest BCUT2D eigenvalue weighted by Gasteiger charge is 2.27. The van der Waals surface area contributed by atoms with Crippen LogP contribution in [0.1, 0.15) is 0 Å². The first-order valence-corrected chi connectivity index (χ1v) is 49.6. The van der Waals surface area contributed by atoms with E-state index < -0.39 is 0 Å². The Bertz CT molecular complexity index is 9910. The van der Waals surface area contributed by atoms with Crippen molar-refractivity contribution >= 4 is 142 Å². The van der Waals surface area contributed by atoms with E-state index >= 15 is 0 Å². The van der Waals surface area contributed by atoms with Crippen LogP contribution in [0.3, 0.4) is 0 Å². The van der Waals surface area contributed by atoms with Gasteiger partial charge in [-0.15, -0.1) is 0 Å². The molecule has 692 valence electrons. The zero-order valence-corrected chi connectivity index (χ0v) is 79.7. The lowest BCUT2D eigenvalue weighted by Gasteiger charge is -2.12. The highest BCUT2D eigenvalue weighted by Crippen LogP contribution is 2.45. The summed E-state index contributed by atoms with van der Waals surface area (Å²) in [5.41, 5.74) is 30.2. The number of fused-ring (bicyclic) bond motifs is 19. The van der Waals surface area contributed by atoms with Gasteiger partial charge in [0.1, 0.15) is 22.8 Å². The number of rotatable bonds is 14. The maximum Gasteiger partial charge on any atom is 0.240 e. The summed E-state index contributed by atoms with van der Waals surface area (Å²) in [6, 6.07) is 171. The molecule has 12 aromatic heterocycles. The summed E-state index contributed by atoms with van der Waals surface area (Å²) in [4.78, 5) is 50.9. The van der Waals surface area contributed by atoms with Gasteiger partial charge in [-0.05, 0) is 150 Å². The van der Waals surface area contributed by atoms with Gasteiger partial charge in [0.05, 0.1) is 66.6 Å². The molecule has 0 aliphatic rings. The monoisotopic (exact) mass is 1890 g/mol. The maximum absolute atomic E-state index is 5.22. The summed E-state index contributed by atoms with van der Waals surface area (Å²) in [5, 5.41) is 14.8. The zero-order valence-electron chi connectivity index (χ0n) is 79.7. The number of benzene rings is 18. The van der Waals surface area contributed by atoms with Gasteiger partial charge in [-0.3, -0.25) is 18.3 Å². The van der Waals surface area contributed by atoms with Crippen molar-refractivity contribution in [1.82, 2.24) is 77.2 Å². The second-order valence-electron chi connectivity index (χ2n) is 37.0. The number of nitrogens with zero attached hydrogens (tertiary/aromatic N) is 16. The first-order chi connectivity index (χ1) is 73.4. The van der Waals surface area contributed by atoms with Crippen molar-refractivity contribution < 1.29 is 0 Å². The van der Waals surface area contributed by atoms with Gasteiger partial charge in [-0.1, -0.05) is 352 Å². The molecule has 0 bridgehead atoms. The summed E-state index contributed by atoms with van der Waals surface area (Å²) in [5.74, 6) is 3.86. The Labute approximate surface area is 848 Å². The van der Waals surface area contributed by atoms with E-state index in [-0.39, 0.29) is 0 Å². The van der Waals surface area contributed by atoms with E-state index in [0.29, 0.717) is 29.4 Å². The quantitative estimate of drug-likeness (QED) is 0.103. The molecule has 0 aliphatic carbocycles. The lowest BCUT2D eigenvalue weighted by atomic mass is 10.0. The molecule has 0 saturated carbocycles. The average Bonchev–Trinajstić information content (AvgIpc) is 1.59. The van der Waals surface area contributed by atoms with Gasteiger partial charge >= 0.3 is 0 Å². The van der Waals surface area contributed by atoms with E-state index in [1.165, 1.54) is 49.0 Å². The van der Waals surface area contributed by atoms with Crippen LogP contribution in [0, 0.1) is 0 Å². The molecule has 30 aromatic rings. The van der Waals surface area contributed by atoms with Crippen molar-refractivity contribution in [3.05, 3.63) is 510 Å². The predicted molar refractivity (Wildman–Crippen MR) is 604 cm³/mol. The second-order valence-corrected chi connectivity index (χ2v) is 37.0. The minimum atomic E-state index is 0.527. The molecule has 16 heteroatoms. The van der Waals surface area contributed by atoms with Crippen molar-refractivity contribution in [3.8, 4) is 125 Å². The normalized spacial score (nSPS) is 11.6. The van der Waals surface area contributed by atoms with Gasteiger partial charge in [-0.25, -0.2) is 39.9 Å². The van der Waals surface area contributed by atoms with Crippen molar-refractivity contribution in [2.75, 3.05) is 0 Å². The van der Waals surface area contributed by atoms with Crippen molar-refractivity contribution in [3.63, 3.8) is 0 Å². The second kappa shape index (κ2) is 36.0. The molecule has 0 amide bonds. The summed E-state index contributed by atoms with van der Waals surface area (Å²) >= 11 is 0. The Morgan fingerprint density at radius 1 is 0.149 bits per heavy atom. The first kappa shape index (κ1) is 85.6. The number of para-hydroxylation sites is 10. The third kappa shape index (κ3) is 14.8. The summed E-state index contributed by atoms with van der Waals surface area (Å²) in [6.45, 7) is 0. The molecule has 0 fully saturated rings. The molecule has 0 N–H and O–H groups in total. The molecular formula is C132H84N16. The lowest BCUT2D eigenvalue weighted by molar-refractivity contribution is 0.944. The minimum Gasteiger partial charge on any atom is -0.309 e. The molecule has 16 nitrogen and oxygen atoms in total. The Kier molecular flexibility index (Phi) is 20.8. The van der Waals surface area contributed by atoms with E-state index in [1.807, 2.05) is 146 Å². The van der Waals surface area contributed by atoms with Crippen molar-refractivity contribution in [1.29, 1.82) is 0 Å². The first-order valence-electron chi connectivity index (χ1n) is 49.6. The van der Waals surface area contributed by atoms with Crippen LogP contribution in [0.4, 0.5) is 0 Å². The number of pyridine rings is 3. The number of hydrogen-bond donors (Lipinski definition) is 0. The smallest absolute Gasteiger partial charge is 0.240 e. The number of hydrogen-bond acceptors (Lipinski definition) is 10. The van der Waals surface area contributed by atoms with Crippen molar-refractivity contribution in [2.24, 2.45) is 0 Å². The molecule has 0 saturated heterocycles. The van der Waals surface area contributed by atoms with Crippen LogP contribution in [0.15, 0.2) is 510 Å². The highest BCUT2D eigenvalue weighted by molar-refractivity contribution is 6.16. The van der Waals surface area contributed by atoms with Crippen molar-refractivity contribution in [2.45, 2.75) is 0 Å². The van der Waals surface area contributed by atoms with E-state index in [0.717, 1.165) is 189 Å². The fourth-order valence-corrected chi connectivity index (χ4v) is 21.6. The van der Waals surface area contributed by atoms with Crippen LogP contribution >= 0.6 is 0 Å². The highest BCUT2D eigenvalue weighted by atomic mass is 15.2. The molecule has 0 atom stereocenters. The molecule has 30 rings (SSSR count). The summed E-state index contributed by atoms with van der Waals surface area (Å²) in [7, 11) is 0. The molecule has 0 spiro atoms. The fraction of sp³-hybridized carbons (Fsp3) is 0. The van der Waals surface area contributed by atoms with Gasteiger partial charge in [0.25, 0.3) is 0 Å². The van der Waals surface area contributed by atoms with E-state index in [1.54, 1.807) is 0 Å². The SMILES string of the molecule is c1ccc(-c2cc(-n3c4ccccc4c4cc(-c5ccc6c(c5)c5ccccc5n6-c5ccccc5)cnc43)nc(-c3ccccc3)n2)cc1.c1ccc(-c2nc(-c3ccccc3)nc(-n3c4ccccc4c4cc(-c5ccc6c(c5)c5ccccc5n6-c5ccccc5)cnc43)n2)cc1.c1ccc(-c2nc(-n3c4ccccc4c4cc(-c5cnc6c(c5)c5ccccc5n6-c5ccccc5)ccc43)nc3ccccc23)cc1. The van der Waals surface area contributed by atoms with E-state index in [4.69, 9.17) is 49.8 Å². The topological polar surface area (TPSA) is 158 Å². The van der Waals surface area contributed by atoms with Crippen LogP contribution in [0.25, 0.3) is 267 Å². The largest absolute Gasteiger partial charge is 0.309 e. The third-order valence-corrected chi connectivity index (χ3v) is 28.4. The maximum atomic E-state index is 5.22. The summed E-state index contributed by atoms with van der Waals surface area (Å²) < 4.78 is 13.4. The Morgan fingerprint density at radius 2 is 0.432 bits per heavy atom. The molecular weight excluding hydrogens is 1810 g/mol. The fourth-order valence-electron chi connectivity index (χ4n) is 21.6. The summed E-state index contributed by atoms with van der Waals surface area (Å²) in [6.07, 6.45) is 5.96. The van der Waals surface area contributed by atoms with E-state index in [2.05, 4.69) is 391 Å². The average molecular weight is 1890 g/mol. The number of aromatic nitrogens is 16. The van der Waals surface area contributed by atoms with Gasteiger partial charge in [0, 0.05) is 156 Å². The zero-order chi connectivity index (χ0) is 97.6. The van der Waals surface area contributed by atoms with Crippen LogP contribution in [-0.2, 0) is 0 Å². The standard InChI is InChI=1S/C45H29N5.C44H28N6.C43H27N5/c1-4-14-30(15-5-1)39-28-43(48-44(47-39)31-16-6-2-7-17-31)50-41-23-13-11-21-36(41)38-27-33(29-46-45(38)50)32-24-25-42-37(26-32)35-20-10-12-22-40(35)49(42)34-18-8-3-9-19-34;1-4-14-29(15-5-1)41-46-42(30-16-6-2-7-17-30)48-44(47-41)50-39-23-13-11-21-35(39)37-27-32(28-45-43(37)50)31-24-25-40-36(26-31)34-20-10-12-22-38(34)49(40)33-18-8-3-9-19-33;1-3-13-28(14-4-1)41-34-19-7-10-20-37(34)45-43(46-41)48-39-22-12-8-17-32(39)35-25-29(23-24-40(35)48)30-26-36-33-18-9-11-21-38(33)47(42(36)44-27-30)31-15-5-2-6-16-31/h1-29H;1-28H;1-27H. The molecule has 148 heavy (non-hydrogen) atoms. The van der Waals surface area contributed by atoms with E-state index in [9.17, 15) is 0 Å². The predicted octanol–water partition coefficient (Wildman–Crippen LogP) is 32.1. The Morgan fingerprint density at radius 3 is 0.851 bits per heavy atom. The van der Waals surface area contributed by atoms with Crippen LogP contribution in [-0.4, -0.2) is 77.2 Å².